The molecule has 0 atom stereocenters. The second kappa shape index (κ2) is 6.86. The summed E-state index contributed by atoms with van der Waals surface area (Å²) in [5, 5.41) is 4.04. The normalized spacial score (nSPS) is 10.8. The van der Waals surface area contributed by atoms with Gasteiger partial charge in [0.15, 0.2) is 0 Å². The summed E-state index contributed by atoms with van der Waals surface area (Å²) in [4.78, 5) is 0. The third kappa shape index (κ3) is 4.40. The monoisotopic (exact) mass is 303 g/mol. The summed E-state index contributed by atoms with van der Waals surface area (Å²) in [6.07, 6.45) is 0.122. The molecule has 0 saturated carbocycles. The van der Waals surface area contributed by atoms with Crippen LogP contribution in [0.15, 0.2) is 36.4 Å². The smallest absolute Gasteiger partial charge is 0.138 e. The maximum absolute atomic E-state index is 6.25. The number of aryl methyl sites for hydroxylation is 2. The molecule has 112 valence electrons. The number of ether oxygens (including phenoxy) is 1. The van der Waals surface area contributed by atoms with Crippen molar-refractivity contribution >= 4 is 17.3 Å². The minimum atomic E-state index is 0.122. The van der Waals surface area contributed by atoms with E-state index in [1.54, 1.807) is 0 Å². The van der Waals surface area contributed by atoms with E-state index in [1.807, 2.05) is 32.0 Å². The lowest BCUT2D eigenvalue weighted by molar-refractivity contribution is 0.242. The first-order valence-corrected chi connectivity index (χ1v) is 7.59. The highest BCUT2D eigenvalue weighted by Crippen LogP contribution is 2.28. The van der Waals surface area contributed by atoms with Crippen molar-refractivity contribution in [3.63, 3.8) is 0 Å². The van der Waals surface area contributed by atoms with Gasteiger partial charge >= 0.3 is 0 Å². The van der Waals surface area contributed by atoms with Gasteiger partial charge in [-0.25, -0.2) is 0 Å². The summed E-state index contributed by atoms with van der Waals surface area (Å²) >= 11 is 6.25. The van der Waals surface area contributed by atoms with Gasteiger partial charge in [0.05, 0.1) is 11.1 Å². The topological polar surface area (TPSA) is 21.3 Å². The molecule has 0 unspecified atom stereocenters. The van der Waals surface area contributed by atoms with Gasteiger partial charge in [0.2, 0.25) is 0 Å². The molecule has 0 amide bonds. The SMILES string of the molecule is Cc1ccc(C)c(CNc2ccc(OC(C)C)c(Cl)c2)c1. The molecule has 0 aliphatic heterocycles. The largest absolute Gasteiger partial charge is 0.489 e. The molecular weight excluding hydrogens is 282 g/mol. The highest BCUT2D eigenvalue weighted by molar-refractivity contribution is 6.32. The minimum absolute atomic E-state index is 0.122. The van der Waals surface area contributed by atoms with E-state index in [1.165, 1.54) is 16.7 Å². The van der Waals surface area contributed by atoms with Crippen LogP contribution in [0.2, 0.25) is 5.02 Å². The molecule has 0 saturated heterocycles. The van der Waals surface area contributed by atoms with Gasteiger partial charge in [-0.15, -0.1) is 0 Å². The number of halogens is 1. The Bertz CT molecular complexity index is 623. The second-order valence-corrected chi connectivity index (χ2v) is 6.00. The molecular formula is C18H22ClNO. The van der Waals surface area contributed by atoms with Crippen molar-refractivity contribution < 1.29 is 4.74 Å². The molecule has 2 aromatic rings. The molecule has 21 heavy (non-hydrogen) atoms. The number of rotatable bonds is 5. The zero-order valence-corrected chi connectivity index (χ0v) is 13.8. The van der Waals surface area contributed by atoms with Crippen molar-refractivity contribution in [2.45, 2.75) is 40.3 Å². The molecule has 0 aliphatic rings. The van der Waals surface area contributed by atoms with Crippen LogP contribution in [0.5, 0.6) is 5.75 Å². The van der Waals surface area contributed by atoms with E-state index in [0.29, 0.717) is 5.02 Å². The Labute approximate surface area is 132 Å². The molecule has 1 N–H and O–H groups in total. The first-order valence-electron chi connectivity index (χ1n) is 7.22. The van der Waals surface area contributed by atoms with Crippen molar-refractivity contribution in [1.29, 1.82) is 0 Å². The Hall–Kier alpha value is -1.67. The molecule has 0 heterocycles. The van der Waals surface area contributed by atoms with Crippen molar-refractivity contribution in [3.05, 3.63) is 58.1 Å². The predicted octanol–water partition coefficient (Wildman–Crippen LogP) is 5.36. The first kappa shape index (κ1) is 15.7. The predicted molar refractivity (Wildman–Crippen MR) is 90.5 cm³/mol. The van der Waals surface area contributed by atoms with E-state index in [9.17, 15) is 0 Å². The summed E-state index contributed by atoms with van der Waals surface area (Å²) in [5.41, 5.74) is 4.86. The average molecular weight is 304 g/mol. The highest BCUT2D eigenvalue weighted by Gasteiger charge is 2.05. The second-order valence-electron chi connectivity index (χ2n) is 5.60. The van der Waals surface area contributed by atoms with E-state index in [2.05, 4.69) is 37.4 Å². The van der Waals surface area contributed by atoms with Crippen LogP contribution >= 0.6 is 11.6 Å². The van der Waals surface area contributed by atoms with Crippen LogP contribution in [0.4, 0.5) is 5.69 Å². The van der Waals surface area contributed by atoms with Crippen LogP contribution in [0.1, 0.15) is 30.5 Å². The quantitative estimate of drug-likeness (QED) is 0.803. The standard InChI is InChI=1S/C18H22ClNO/c1-12(2)21-18-8-7-16(10-17(18)19)20-11-15-9-13(3)5-6-14(15)4/h5-10,12,20H,11H2,1-4H3. The van der Waals surface area contributed by atoms with Gasteiger partial charge < -0.3 is 10.1 Å². The van der Waals surface area contributed by atoms with Crippen LogP contribution in [-0.4, -0.2) is 6.10 Å². The number of benzene rings is 2. The zero-order chi connectivity index (χ0) is 15.4. The molecule has 0 aromatic heterocycles. The Morgan fingerprint density at radius 2 is 1.86 bits per heavy atom. The van der Waals surface area contributed by atoms with Crippen molar-refractivity contribution in [2.75, 3.05) is 5.32 Å². The van der Waals surface area contributed by atoms with Gasteiger partial charge in [0, 0.05) is 12.2 Å². The molecule has 2 rings (SSSR count). The van der Waals surface area contributed by atoms with Crippen molar-refractivity contribution in [3.8, 4) is 5.75 Å². The third-order valence-corrected chi connectivity index (χ3v) is 3.58. The van der Waals surface area contributed by atoms with Crippen LogP contribution in [-0.2, 0) is 6.54 Å². The molecule has 2 aromatic carbocycles. The summed E-state index contributed by atoms with van der Waals surface area (Å²) < 4.78 is 5.64. The molecule has 2 nitrogen and oxygen atoms in total. The summed E-state index contributed by atoms with van der Waals surface area (Å²) in [6.45, 7) is 9.00. The Morgan fingerprint density at radius 3 is 2.52 bits per heavy atom. The van der Waals surface area contributed by atoms with Crippen LogP contribution in [0.25, 0.3) is 0 Å². The highest BCUT2D eigenvalue weighted by atomic mass is 35.5. The number of anilines is 1. The van der Waals surface area contributed by atoms with Crippen LogP contribution < -0.4 is 10.1 Å². The lowest BCUT2D eigenvalue weighted by Crippen LogP contribution is -2.06. The van der Waals surface area contributed by atoms with Crippen LogP contribution in [0.3, 0.4) is 0 Å². The first-order chi connectivity index (χ1) is 9.95. The van der Waals surface area contributed by atoms with Gasteiger partial charge in [-0.05, 0) is 57.0 Å². The fraction of sp³-hybridized carbons (Fsp3) is 0.333. The average Bonchev–Trinajstić information content (AvgIpc) is 2.42. The maximum atomic E-state index is 6.25. The summed E-state index contributed by atoms with van der Waals surface area (Å²) in [5.74, 6) is 0.726. The Kier molecular flexibility index (Phi) is 5.13. The molecule has 3 heteroatoms. The van der Waals surface area contributed by atoms with Crippen molar-refractivity contribution in [1.82, 2.24) is 0 Å². The number of nitrogens with one attached hydrogen (secondary N) is 1. The van der Waals surface area contributed by atoms with E-state index in [4.69, 9.17) is 16.3 Å². The molecule has 0 spiro atoms. The molecule has 0 aliphatic carbocycles. The summed E-state index contributed by atoms with van der Waals surface area (Å²) in [6, 6.07) is 12.3. The van der Waals surface area contributed by atoms with E-state index in [-0.39, 0.29) is 6.10 Å². The van der Waals surface area contributed by atoms with Gasteiger partial charge in [0.25, 0.3) is 0 Å². The Balaban J connectivity index is 2.07. The minimum Gasteiger partial charge on any atom is -0.489 e. The van der Waals surface area contributed by atoms with Crippen LogP contribution in [0, 0.1) is 13.8 Å². The Morgan fingerprint density at radius 1 is 1.10 bits per heavy atom. The lowest BCUT2D eigenvalue weighted by atomic mass is 10.1. The number of hydrogen-bond acceptors (Lipinski definition) is 2. The fourth-order valence-electron chi connectivity index (χ4n) is 2.15. The van der Waals surface area contributed by atoms with Crippen molar-refractivity contribution in [2.24, 2.45) is 0 Å². The van der Waals surface area contributed by atoms with E-state index in [0.717, 1.165) is 18.0 Å². The van der Waals surface area contributed by atoms with Gasteiger partial charge in [-0.1, -0.05) is 35.4 Å². The fourth-order valence-corrected chi connectivity index (χ4v) is 2.37. The maximum Gasteiger partial charge on any atom is 0.138 e. The van der Waals surface area contributed by atoms with Gasteiger partial charge in [0.1, 0.15) is 5.75 Å². The molecule has 0 bridgehead atoms. The molecule has 0 fully saturated rings. The molecule has 0 radical (unpaired) electrons. The van der Waals surface area contributed by atoms with E-state index >= 15 is 0 Å². The summed E-state index contributed by atoms with van der Waals surface area (Å²) in [7, 11) is 0. The third-order valence-electron chi connectivity index (χ3n) is 3.28. The van der Waals surface area contributed by atoms with E-state index < -0.39 is 0 Å². The zero-order valence-electron chi connectivity index (χ0n) is 13.0. The van der Waals surface area contributed by atoms with Gasteiger partial charge in [-0.3, -0.25) is 0 Å². The van der Waals surface area contributed by atoms with Gasteiger partial charge in [-0.2, -0.15) is 0 Å². The number of hydrogen-bond donors (Lipinski definition) is 1. The lowest BCUT2D eigenvalue weighted by Gasteiger charge is -2.14.